The highest BCUT2D eigenvalue weighted by Gasteiger charge is 2.36. The number of aromatic nitrogens is 1. The Hall–Kier alpha value is -0.520. The molecule has 2 bridgehead atoms. The van der Waals surface area contributed by atoms with Crippen molar-refractivity contribution < 1.29 is 4.79 Å². The Labute approximate surface area is 134 Å². The Bertz CT molecular complexity index is 493. The summed E-state index contributed by atoms with van der Waals surface area (Å²) in [7, 11) is 3.86. The van der Waals surface area contributed by atoms with E-state index in [9.17, 15) is 4.79 Å². The third-order valence-corrected chi connectivity index (χ3v) is 4.94. The number of rotatable bonds is 2. The summed E-state index contributed by atoms with van der Waals surface area (Å²) in [6.45, 7) is 0. The molecule has 0 spiro atoms. The van der Waals surface area contributed by atoms with Gasteiger partial charge in [0.1, 0.15) is 5.69 Å². The van der Waals surface area contributed by atoms with Crippen LogP contribution in [-0.2, 0) is 7.05 Å². The first kappa shape index (κ1) is 15.9. The van der Waals surface area contributed by atoms with Gasteiger partial charge in [0.25, 0.3) is 5.91 Å². The highest BCUT2D eigenvalue weighted by molar-refractivity contribution is 9.10. The number of nitrogens with one attached hydrogen (secondary N) is 1. The van der Waals surface area contributed by atoms with Crippen molar-refractivity contribution in [1.29, 1.82) is 0 Å². The van der Waals surface area contributed by atoms with Gasteiger partial charge in [-0.05, 0) is 47.7 Å². The van der Waals surface area contributed by atoms with Crippen molar-refractivity contribution in [2.45, 2.75) is 43.8 Å². The lowest BCUT2D eigenvalue weighted by Crippen LogP contribution is -2.49. The van der Waals surface area contributed by atoms with Gasteiger partial charge in [-0.15, -0.1) is 12.4 Å². The Morgan fingerprint density at radius 1 is 1.40 bits per heavy atom. The fourth-order valence-corrected chi connectivity index (χ4v) is 3.95. The Balaban J connectivity index is 0.00000147. The van der Waals surface area contributed by atoms with Crippen molar-refractivity contribution >= 4 is 34.2 Å². The number of piperidine rings is 1. The van der Waals surface area contributed by atoms with E-state index in [0.717, 1.165) is 23.0 Å². The first-order chi connectivity index (χ1) is 9.04. The third-order valence-electron chi connectivity index (χ3n) is 4.51. The van der Waals surface area contributed by atoms with E-state index in [2.05, 4.69) is 21.2 Å². The van der Waals surface area contributed by atoms with Crippen molar-refractivity contribution in [3.05, 3.63) is 22.4 Å². The largest absolute Gasteiger partial charge is 0.345 e. The van der Waals surface area contributed by atoms with Crippen molar-refractivity contribution in [1.82, 2.24) is 14.8 Å². The van der Waals surface area contributed by atoms with E-state index in [1.807, 2.05) is 35.8 Å². The fraction of sp³-hybridized carbons (Fsp3) is 0.643. The van der Waals surface area contributed by atoms with E-state index in [1.165, 1.54) is 12.8 Å². The average molecular weight is 363 g/mol. The molecule has 2 atom stereocenters. The second kappa shape index (κ2) is 6.08. The molecule has 2 unspecified atom stereocenters. The molecular formula is C14H21BrClN3O. The summed E-state index contributed by atoms with van der Waals surface area (Å²) in [6, 6.07) is 3.49. The summed E-state index contributed by atoms with van der Waals surface area (Å²) in [5.74, 6) is 0.125. The van der Waals surface area contributed by atoms with Gasteiger partial charge in [-0.3, -0.25) is 4.79 Å². The lowest BCUT2D eigenvalue weighted by Gasteiger charge is -2.35. The van der Waals surface area contributed by atoms with Gasteiger partial charge in [-0.25, -0.2) is 0 Å². The molecule has 112 valence electrons. The van der Waals surface area contributed by atoms with E-state index in [-0.39, 0.29) is 18.3 Å². The molecule has 0 aromatic carbocycles. The van der Waals surface area contributed by atoms with E-state index in [1.54, 1.807) is 0 Å². The summed E-state index contributed by atoms with van der Waals surface area (Å²) in [5.41, 5.74) is 0.750. The molecule has 2 fully saturated rings. The first-order valence-electron chi connectivity index (χ1n) is 6.89. The Morgan fingerprint density at radius 2 is 2.00 bits per heavy atom. The van der Waals surface area contributed by atoms with Crippen LogP contribution in [-0.4, -0.2) is 40.5 Å². The molecule has 1 aromatic heterocycles. The number of hydrogen-bond acceptors (Lipinski definition) is 2. The van der Waals surface area contributed by atoms with Gasteiger partial charge in [-0.2, -0.15) is 0 Å². The van der Waals surface area contributed by atoms with Crippen LogP contribution in [0.3, 0.4) is 0 Å². The molecule has 3 heterocycles. The van der Waals surface area contributed by atoms with E-state index in [0.29, 0.717) is 18.1 Å². The van der Waals surface area contributed by atoms with Crippen LogP contribution in [0, 0.1) is 0 Å². The van der Waals surface area contributed by atoms with E-state index < -0.39 is 0 Å². The molecule has 0 radical (unpaired) electrons. The Morgan fingerprint density at radius 3 is 2.50 bits per heavy atom. The maximum atomic E-state index is 12.6. The maximum Gasteiger partial charge on any atom is 0.270 e. The maximum absolute atomic E-state index is 12.6. The van der Waals surface area contributed by atoms with Crippen LogP contribution in [0.2, 0.25) is 0 Å². The SMILES string of the molecule is CN(C(=O)c1cc(Br)cn1C)C1CC2CCC(C1)N2.Cl. The molecule has 2 saturated heterocycles. The van der Waals surface area contributed by atoms with Gasteiger partial charge < -0.3 is 14.8 Å². The van der Waals surface area contributed by atoms with Crippen LogP contribution in [0.15, 0.2) is 16.7 Å². The topological polar surface area (TPSA) is 37.3 Å². The van der Waals surface area contributed by atoms with Gasteiger partial charge in [0, 0.05) is 42.9 Å². The van der Waals surface area contributed by atoms with Gasteiger partial charge in [0.05, 0.1) is 0 Å². The number of nitrogens with zero attached hydrogens (tertiary/aromatic N) is 2. The minimum Gasteiger partial charge on any atom is -0.345 e. The van der Waals surface area contributed by atoms with Gasteiger partial charge in [0.15, 0.2) is 0 Å². The quantitative estimate of drug-likeness (QED) is 0.878. The molecule has 3 rings (SSSR count). The van der Waals surface area contributed by atoms with Crippen LogP contribution in [0.25, 0.3) is 0 Å². The number of carbonyl (C=O) groups is 1. The lowest BCUT2D eigenvalue weighted by molar-refractivity contribution is 0.0672. The van der Waals surface area contributed by atoms with Gasteiger partial charge in [0.2, 0.25) is 0 Å². The number of aryl methyl sites for hydroxylation is 1. The predicted molar refractivity (Wildman–Crippen MR) is 85.4 cm³/mol. The van der Waals surface area contributed by atoms with Crippen molar-refractivity contribution in [2.75, 3.05) is 7.05 Å². The minimum atomic E-state index is 0. The zero-order valence-corrected chi connectivity index (χ0v) is 14.2. The molecule has 2 aliphatic heterocycles. The number of amides is 1. The smallest absolute Gasteiger partial charge is 0.270 e. The van der Waals surface area contributed by atoms with Crippen LogP contribution in [0.5, 0.6) is 0 Å². The normalized spacial score (nSPS) is 28.1. The molecule has 0 aliphatic carbocycles. The molecule has 1 amide bonds. The molecule has 1 aromatic rings. The predicted octanol–water partition coefficient (Wildman–Crippen LogP) is 2.56. The molecule has 0 saturated carbocycles. The summed E-state index contributed by atoms with van der Waals surface area (Å²) >= 11 is 3.42. The highest BCUT2D eigenvalue weighted by atomic mass is 79.9. The summed E-state index contributed by atoms with van der Waals surface area (Å²) in [5, 5.41) is 3.62. The van der Waals surface area contributed by atoms with Gasteiger partial charge >= 0.3 is 0 Å². The number of carbonyl (C=O) groups excluding carboxylic acids is 1. The zero-order chi connectivity index (χ0) is 13.6. The second-order valence-corrected chi connectivity index (χ2v) is 6.75. The van der Waals surface area contributed by atoms with Gasteiger partial charge in [-0.1, -0.05) is 0 Å². The third kappa shape index (κ3) is 2.90. The summed E-state index contributed by atoms with van der Waals surface area (Å²) in [6.07, 6.45) is 6.62. The van der Waals surface area contributed by atoms with E-state index >= 15 is 0 Å². The monoisotopic (exact) mass is 361 g/mol. The van der Waals surface area contributed by atoms with Crippen LogP contribution in [0.4, 0.5) is 0 Å². The molecule has 1 N–H and O–H groups in total. The average Bonchev–Trinajstić information content (AvgIpc) is 2.89. The van der Waals surface area contributed by atoms with E-state index in [4.69, 9.17) is 0 Å². The minimum absolute atomic E-state index is 0. The zero-order valence-electron chi connectivity index (χ0n) is 11.8. The number of halogens is 2. The van der Waals surface area contributed by atoms with Crippen molar-refractivity contribution in [3.63, 3.8) is 0 Å². The standard InChI is InChI=1S/C14H20BrN3O.ClH/c1-17-8-9(15)5-13(17)14(19)18(2)12-6-10-3-4-11(7-12)16-10;/h5,8,10-12,16H,3-4,6-7H2,1-2H3;1H. The number of fused-ring (bicyclic) bond motifs is 2. The lowest BCUT2D eigenvalue weighted by atomic mass is 9.98. The Kier molecular flexibility index (Phi) is 4.82. The molecule has 20 heavy (non-hydrogen) atoms. The molecule has 6 heteroatoms. The summed E-state index contributed by atoms with van der Waals surface area (Å²) in [4.78, 5) is 14.5. The van der Waals surface area contributed by atoms with Crippen LogP contribution >= 0.6 is 28.3 Å². The van der Waals surface area contributed by atoms with Crippen molar-refractivity contribution in [2.24, 2.45) is 7.05 Å². The molecule has 2 aliphatic rings. The van der Waals surface area contributed by atoms with Crippen molar-refractivity contribution in [3.8, 4) is 0 Å². The van der Waals surface area contributed by atoms with Crippen LogP contribution in [0.1, 0.15) is 36.2 Å². The number of hydrogen-bond donors (Lipinski definition) is 1. The summed E-state index contributed by atoms with van der Waals surface area (Å²) < 4.78 is 2.84. The fourth-order valence-electron chi connectivity index (χ4n) is 3.43. The van der Waals surface area contributed by atoms with Crippen LogP contribution < -0.4 is 5.32 Å². The molecular weight excluding hydrogens is 342 g/mol. The second-order valence-electron chi connectivity index (χ2n) is 5.83. The highest BCUT2D eigenvalue weighted by Crippen LogP contribution is 2.30. The molecule has 4 nitrogen and oxygen atoms in total. The first-order valence-corrected chi connectivity index (χ1v) is 7.69.